The molecular formula is C12H16ClNOS. The Labute approximate surface area is 106 Å². The number of rotatable bonds is 4. The van der Waals surface area contributed by atoms with Crippen molar-refractivity contribution in [3.05, 3.63) is 28.8 Å². The van der Waals surface area contributed by atoms with Crippen LogP contribution in [0, 0.1) is 0 Å². The van der Waals surface area contributed by atoms with Crippen LogP contribution in [0.15, 0.2) is 23.1 Å². The van der Waals surface area contributed by atoms with E-state index < -0.39 is 0 Å². The molecule has 1 unspecified atom stereocenters. The van der Waals surface area contributed by atoms with Gasteiger partial charge in [0.15, 0.2) is 0 Å². The Kier molecular flexibility index (Phi) is 5.16. The van der Waals surface area contributed by atoms with E-state index in [1.54, 1.807) is 17.8 Å². The Morgan fingerprint density at radius 1 is 1.56 bits per heavy atom. The predicted molar refractivity (Wildman–Crippen MR) is 70.5 cm³/mol. The molecule has 4 heteroatoms. The van der Waals surface area contributed by atoms with Gasteiger partial charge in [0.05, 0.1) is 10.6 Å². The van der Waals surface area contributed by atoms with Crippen molar-refractivity contribution in [1.82, 2.24) is 5.32 Å². The molecule has 0 fully saturated rings. The number of carbonyl (C=O) groups is 1. The van der Waals surface area contributed by atoms with Gasteiger partial charge < -0.3 is 5.32 Å². The van der Waals surface area contributed by atoms with Crippen molar-refractivity contribution in [2.75, 3.05) is 6.26 Å². The van der Waals surface area contributed by atoms with Gasteiger partial charge in [0.1, 0.15) is 0 Å². The summed E-state index contributed by atoms with van der Waals surface area (Å²) in [5, 5.41) is 3.40. The summed E-state index contributed by atoms with van der Waals surface area (Å²) < 4.78 is 0. The van der Waals surface area contributed by atoms with E-state index in [1.165, 1.54) is 0 Å². The Hall–Kier alpha value is -0.670. The fourth-order valence-corrected chi connectivity index (χ4v) is 1.85. The highest BCUT2D eigenvalue weighted by Gasteiger charge is 2.12. The normalized spacial score (nSPS) is 12.2. The van der Waals surface area contributed by atoms with Gasteiger partial charge in [-0.05, 0) is 37.8 Å². The molecule has 0 bridgehead atoms. The smallest absolute Gasteiger partial charge is 0.253 e. The van der Waals surface area contributed by atoms with Crippen LogP contribution in [0.5, 0.6) is 0 Å². The molecule has 1 rings (SSSR count). The SMILES string of the molecule is CCC(C)NC(=O)c1cc(SC)ccc1Cl. The van der Waals surface area contributed by atoms with Gasteiger partial charge in [0, 0.05) is 10.9 Å². The fraction of sp³-hybridized carbons (Fsp3) is 0.417. The number of hydrogen-bond donors (Lipinski definition) is 1. The van der Waals surface area contributed by atoms with Gasteiger partial charge in [-0.15, -0.1) is 11.8 Å². The Bertz CT molecular complexity index is 381. The van der Waals surface area contributed by atoms with Gasteiger partial charge in [0.25, 0.3) is 5.91 Å². The van der Waals surface area contributed by atoms with E-state index in [1.807, 2.05) is 32.2 Å². The molecule has 1 atom stereocenters. The van der Waals surface area contributed by atoms with E-state index in [4.69, 9.17) is 11.6 Å². The molecule has 1 aromatic rings. The van der Waals surface area contributed by atoms with Crippen LogP contribution in [0.4, 0.5) is 0 Å². The number of nitrogens with one attached hydrogen (secondary N) is 1. The third-order valence-electron chi connectivity index (χ3n) is 2.41. The van der Waals surface area contributed by atoms with Crippen molar-refractivity contribution in [1.29, 1.82) is 0 Å². The van der Waals surface area contributed by atoms with E-state index in [2.05, 4.69) is 5.32 Å². The molecule has 1 amide bonds. The molecule has 0 saturated carbocycles. The topological polar surface area (TPSA) is 29.1 Å². The van der Waals surface area contributed by atoms with Crippen LogP contribution < -0.4 is 5.32 Å². The number of amides is 1. The summed E-state index contributed by atoms with van der Waals surface area (Å²) in [7, 11) is 0. The zero-order chi connectivity index (χ0) is 12.1. The summed E-state index contributed by atoms with van der Waals surface area (Å²) in [6, 6.07) is 5.66. The maximum atomic E-state index is 11.9. The minimum Gasteiger partial charge on any atom is -0.350 e. The molecule has 0 spiro atoms. The van der Waals surface area contributed by atoms with Crippen LogP contribution in [-0.4, -0.2) is 18.2 Å². The van der Waals surface area contributed by atoms with Crippen molar-refractivity contribution in [3.63, 3.8) is 0 Å². The first-order chi connectivity index (χ1) is 7.58. The lowest BCUT2D eigenvalue weighted by molar-refractivity contribution is 0.0939. The van der Waals surface area contributed by atoms with Crippen LogP contribution in [0.3, 0.4) is 0 Å². The first-order valence-corrected chi connectivity index (χ1v) is 6.83. The molecule has 0 heterocycles. The molecule has 0 aliphatic carbocycles. The first kappa shape index (κ1) is 13.4. The second-order valence-electron chi connectivity index (χ2n) is 3.63. The third kappa shape index (κ3) is 3.42. The summed E-state index contributed by atoms with van der Waals surface area (Å²) in [5.74, 6) is -0.102. The van der Waals surface area contributed by atoms with Crippen LogP contribution in [0.2, 0.25) is 5.02 Å². The predicted octanol–water partition coefficient (Wildman–Crippen LogP) is 3.59. The van der Waals surface area contributed by atoms with Crippen LogP contribution in [0.1, 0.15) is 30.6 Å². The average Bonchev–Trinajstić information content (AvgIpc) is 2.29. The van der Waals surface area contributed by atoms with Gasteiger partial charge in [-0.25, -0.2) is 0 Å². The molecule has 2 nitrogen and oxygen atoms in total. The largest absolute Gasteiger partial charge is 0.350 e. The monoisotopic (exact) mass is 257 g/mol. The summed E-state index contributed by atoms with van der Waals surface area (Å²) in [6.45, 7) is 4.01. The van der Waals surface area contributed by atoms with E-state index in [0.717, 1.165) is 11.3 Å². The summed E-state index contributed by atoms with van der Waals surface area (Å²) in [4.78, 5) is 12.9. The molecule has 16 heavy (non-hydrogen) atoms. The number of thioether (sulfide) groups is 1. The Morgan fingerprint density at radius 3 is 2.81 bits per heavy atom. The molecule has 0 aromatic heterocycles. The van der Waals surface area contributed by atoms with E-state index in [0.29, 0.717) is 10.6 Å². The highest BCUT2D eigenvalue weighted by molar-refractivity contribution is 7.98. The zero-order valence-corrected chi connectivity index (χ0v) is 11.3. The van der Waals surface area contributed by atoms with Crippen LogP contribution in [-0.2, 0) is 0 Å². The second kappa shape index (κ2) is 6.16. The standard InChI is InChI=1S/C12H16ClNOS/c1-4-8(2)14-12(15)10-7-9(16-3)5-6-11(10)13/h5-8H,4H2,1-3H3,(H,14,15). The first-order valence-electron chi connectivity index (χ1n) is 5.22. The molecule has 0 aliphatic rings. The van der Waals surface area contributed by atoms with E-state index in [-0.39, 0.29) is 11.9 Å². The minimum atomic E-state index is -0.102. The highest BCUT2D eigenvalue weighted by Crippen LogP contribution is 2.23. The molecule has 1 aromatic carbocycles. The minimum absolute atomic E-state index is 0.102. The van der Waals surface area contributed by atoms with Gasteiger partial charge >= 0.3 is 0 Å². The van der Waals surface area contributed by atoms with Crippen molar-refractivity contribution in [2.45, 2.75) is 31.2 Å². The average molecular weight is 258 g/mol. The molecule has 0 radical (unpaired) electrons. The lowest BCUT2D eigenvalue weighted by Crippen LogP contribution is -2.32. The third-order valence-corrected chi connectivity index (χ3v) is 3.46. The number of hydrogen-bond acceptors (Lipinski definition) is 2. The van der Waals surface area contributed by atoms with E-state index in [9.17, 15) is 4.79 Å². The summed E-state index contributed by atoms with van der Waals surface area (Å²) in [6.07, 6.45) is 2.88. The van der Waals surface area contributed by atoms with Crippen LogP contribution in [0.25, 0.3) is 0 Å². The molecule has 0 saturated heterocycles. The van der Waals surface area contributed by atoms with Gasteiger partial charge in [0.2, 0.25) is 0 Å². The van der Waals surface area contributed by atoms with E-state index >= 15 is 0 Å². The van der Waals surface area contributed by atoms with Crippen molar-refractivity contribution < 1.29 is 4.79 Å². The maximum absolute atomic E-state index is 11.9. The number of halogens is 1. The van der Waals surface area contributed by atoms with Crippen molar-refractivity contribution >= 4 is 29.3 Å². The summed E-state index contributed by atoms with van der Waals surface area (Å²) in [5.41, 5.74) is 0.550. The highest BCUT2D eigenvalue weighted by atomic mass is 35.5. The Morgan fingerprint density at radius 2 is 2.25 bits per heavy atom. The van der Waals surface area contributed by atoms with Crippen LogP contribution >= 0.6 is 23.4 Å². The van der Waals surface area contributed by atoms with Crippen molar-refractivity contribution in [3.8, 4) is 0 Å². The zero-order valence-electron chi connectivity index (χ0n) is 9.71. The summed E-state index contributed by atoms with van der Waals surface area (Å²) >= 11 is 7.60. The number of carbonyl (C=O) groups excluding carboxylic acids is 1. The quantitative estimate of drug-likeness (QED) is 0.836. The van der Waals surface area contributed by atoms with Gasteiger partial charge in [-0.3, -0.25) is 4.79 Å². The van der Waals surface area contributed by atoms with Gasteiger partial charge in [-0.2, -0.15) is 0 Å². The maximum Gasteiger partial charge on any atom is 0.253 e. The molecule has 0 aliphatic heterocycles. The fourth-order valence-electron chi connectivity index (χ4n) is 1.21. The molecular weight excluding hydrogens is 242 g/mol. The van der Waals surface area contributed by atoms with Gasteiger partial charge in [-0.1, -0.05) is 18.5 Å². The Balaban J connectivity index is 2.89. The molecule has 88 valence electrons. The lowest BCUT2D eigenvalue weighted by atomic mass is 10.2. The second-order valence-corrected chi connectivity index (χ2v) is 4.92. The number of benzene rings is 1. The molecule has 1 N–H and O–H groups in total. The lowest BCUT2D eigenvalue weighted by Gasteiger charge is -2.12. The van der Waals surface area contributed by atoms with Crippen molar-refractivity contribution in [2.24, 2.45) is 0 Å².